The largest absolute Gasteiger partial charge is 0.297 e. The van der Waals surface area contributed by atoms with Crippen LogP contribution < -0.4 is 16.2 Å². The summed E-state index contributed by atoms with van der Waals surface area (Å²) >= 11 is 5.94. The average Bonchev–Trinajstić information content (AvgIpc) is 3.09. The van der Waals surface area contributed by atoms with E-state index in [9.17, 15) is 0 Å². The molecule has 0 aliphatic carbocycles. The molecule has 2 heterocycles. The Balaban J connectivity index is 1.46. The predicted octanol–water partition coefficient (Wildman–Crippen LogP) is 2.21. The summed E-state index contributed by atoms with van der Waals surface area (Å²) in [7, 11) is 0. The summed E-state index contributed by atoms with van der Waals surface area (Å²) in [6, 6.07) is 11.3. The summed E-state index contributed by atoms with van der Waals surface area (Å²) in [6.07, 6.45) is 0. The molecule has 3 unspecified atom stereocenters. The highest BCUT2D eigenvalue weighted by atomic mass is 32.2. The monoisotopic (exact) mass is 299 g/mol. The van der Waals surface area contributed by atoms with Crippen molar-refractivity contribution in [1.29, 1.82) is 0 Å². The van der Waals surface area contributed by atoms with E-state index in [-0.39, 0.29) is 0 Å². The van der Waals surface area contributed by atoms with Crippen LogP contribution in [0.1, 0.15) is 10.9 Å². The van der Waals surface area contributed by atoms with E-state index in [2.05, 4.69) is 46.5 Å². The highest BCUT2D eigenvalue weighted by Crippen LogP contribution is 2.34. The first-order valence-corrected chi connectivity index (χ1v) is 9.20. The Hall–Kier alpha value is 0.150. The van der Waals surface area contributed by atoms with Gasteiger partial charge in [0.25, 0.3) is 0 Å². The Morgan fingerprint density at radius 2 is 2.11 bits per heavy atom. The molecule has 18 heavy (non-hydrogen) atoms. The molecule has 2 aliphatic heterocycles. The molecule has 98 valence electrons. The molecule has 2 aliphatic rings. The normalized spacial score (nSPS) is 31.9. The highest BCUT2D eigenvalue weighted by molar-refractivity contribution is 8.17. The fourth-order valence-corrected chi connectivity index (χ4v) is 5.54. The lowest BCUT2D eigenvalue weighted by Gasteiger charge is -2.15. The molecule has 0 amide bonds. The first-order chi connectivity index (χ1) is 8.92. The lowest BCUT2D eigenvalue weighted by Crippen LogP contribution is -2.32. The van der Waals surface area contributed by atoms with Gasteiger partial charge in [0.05, 0.1) is 11.3 Å². The first kappa shape index (κ1) is 13.1. The second kappa shape index (κ2) is 6.54. The number of hydrogen-bond donors (Lipinski definition) is 3. The SMILES string of the molecule is c1ccc(C2NC(CSC3NNCS3)CS2)cc1. The topological polar surface area (TPSA) is 36.1 Å². The molecular weight excluding hydrogens is 282 g/mol. The molecule has 3 N–H and O–H groups in total. The molecule has 0 radical (unpaired) electrons. The molecule has 0 aromatic heterocycles. The third-order valence-corrected chi connectivity index (χ3v) is 6.83. The standard InChI is InChI=1S/C12H17N3S3/c1-2-4-9(5-3-1)11-14-10(6-16-11)7-17-12-15-13-8-18-12/h1-5,10-15H,6-8H2. The summed E-state index contributed by atoms with van der Waals surface area (Å²) < 4.78 is 0.507. The van der Waals surface area contributed by atoms with Crippen molar-refractivity contribution in [2.75, 3.05) is 17.4 Å². The summed E-state index contributed by atoms with van der Waals surface area (Å²) in [6.45, 7) is 0. The smallest absolute Gasteiger partial charge is 0.114 e. The minimum atomic E-state index is 0.471. The zero-order valence-corrected chi connectivity index (χ0v) is 12.4. The molecular formula is C12H17N3S3. The van der Waals surface area contributed by atoms with Gasteiger partial charge in [0.2, 0.25) is 0 Å². The van der Waals surface area contributed by atoms with Crippen LogP contribution in [0.2, 0.25) is 0 Å². The summed E-state index contributed by atoms with van der Waals surface area (Å²) in [5.41, 5.74) is 7.81. The lowest BCUT2D eigenvalue weighted by molar-refractivity contribution is 0.622. The van der Waals surface area contributed by atoms with Gasteiger partial charge in [-0.25, -0.2) is 10.9 Å². The van der Waals surface area contributed by atoms with E-state index in [0.717, 1.165) is 5.88 Å². The second-order valence-electron chi connectivity index (χ2n) is 4.29. The molecule has 6 heteroatoms. The van der Waals surface area contributed by atoms with Crippen molar-refractivity contribution in [3.05, 3.63) is 35.9 Å². The van der Waals surface area contributed by atoms with Gasteiger partial charge in [0.1, 0.15) is 4.71 Å². The van der Waals surface area contributed by atoms with Crippen LogP contribution in [0.5, 0.6) is 0 Å². The minimum absolute atomic E-state index is 0.471. The van der Waals surface area contributed by atoms with Crippen LogP contribution in [-0.2, 0) is 0 Å². The predicted molar refractivity (Wildman–Crippen MR) is 83.5 cm³/mol. The number of rotatable bonds is 4. The van der Waals surface area contributed by atoms with Crippen molar-refractivity contribution in [3.8, 4) is 0 Å². The molecule has 1 aromatic carbocycles. The first-order valence-electron chi connectivity index (χ1n) is 6.06. The summed E-state index contributed by atoms with van der Waals surface area (Å²) in [5.74, 6) is 3.39. The van der Waals surface area contributed by atoms with Crippen molar-refractivity contribution in [2.45, 2.75) is 16.1 Å². The molecule has 0 saturated carbocycles. The van der Waals surface area contributed by atoms with E-state index in [1.807, 2.05) is 35.3 Å². The maximum atomic E-state index is 3.72. The van der Waals surface area contributed by atoms with Crippen molar-refractivity contribution >= 4 is 35.3 Å². The van der Waals surface area contributed by atoms with E-state index in [0.29, 0.717) is 16.1 Å². The molecule has 1 aromatic rings. The summed E-state index contributed by atoms with van der Waals surface area (Å²) in [5, 5.41) is 4.19. The third-order valence-electron chi connectivity index (χ3n) is 2.93. The van der Waals surface area contributed by atoms with E-state index in [4.69, 9.17) is 0 Å². The molecule has 3 rings (SSSR count). The van der Waals surface area contributed by atoms with Gasteiger partial charge in [-0.1, -0.05) is 30.3 Å². The average molecular weight is 299 g/mol. The Morgan fingerprint density at radius 1 is 1.22 bits per heavy atom. The molecule has 2 saturated heterocycles. The van der Waals surface area contributed by atoms with Crippen molar-refractivity contribution in [2.24, 2.45) is 0 Å². The van der Waals surface area contributed by atoms with Gasteiger partial charge >= 0.3 is 0 Å². The Bertz CT molecular complexity index is 370. The number of nitrogens with one attached hydrogen (secondary N) is 3. The van der Waals surface area contributed by atoms with Gasteiger partial charge in [-0.3, -0.25) is 5.32 Å². The van der Waals surface area contributed by atoms with Gasteiger partial charge in [-0.05, 0) is 5.56 Å². The lowest BCUT2D eigenvalue weighted by atomic mass is 10.2. The van der Waals surface area contributed by atoms with Crippen molar-refractivity contribution in [1.82, 2.24) is 16.2 Å². The van der Waals surface area contributed by atoms with Crippen molar-refractivity contribution < 1.29 is 0 Å². The second-order valence-corrected chi connectivity index (χ2v) is 7.95. The molecule has 3 atom stereocenters. The molecule has 0 spiro atoms. The Morgan fingerprint density at radius 3 is 2.89 bits per heavy atom. The van der Waals surface area contributed by atoms with E-state index in [1.165, 1.54) is 17.1 Å². The quantitative estimate of drug-likeness (QED) is 0.791. The Labute approximate surface area is 121 Å². The number of hydrazine groups is 1. The number of thioether (sulfide) groups is 3. The van der Waals surface area contributed by atoms with Crippen LogP contribution in [0, 0.1) is 0 Å². The fourth-order valence-electron chi connectivity index (χ4n) is 2.02. The third kappa shape index (κ3) is 3.37. The van der Waals surface area contributed by atoms with Gasteiger partial charge in [-0.15, -0.1) is 35.3 Å². The van der Waals surface area contributed by atoms with Crippen LogP contribution in [0.15, 0.2) is 30.3 Å². The van der Waals surface area contributed by atoms with Gasteiger partial charge < -0.3 is 0 Å². The molecule has 0 bridgehead atoms. The zero-order valence-electron chi connectivity index (χ0n) is 9.96. The fraction of sp³-hybridized carbons (Fsp3) is 0.500. The Kier molecular flexibility index (Phi) is 4.78. The van der Waals surface area contributed by atoms with Crippen LogP contribution in [0.25, 0.3) is 0 Å². The summed E-state index contributed by atoms with van der Waals surface area (Å²) in [4.78, 5) is 0. The molecule has 2 fully saturated rings. The van der Waals surface area contributed by atoms with Gasteiger partial charge in [0.15, 0.2) is 0 Å². The highest BCUT2D eigenvalue weighted by Gasteiger charge is 2.26. The van der Waals surface area contributed by atoms with Gasteiger partial charge in [-0.2, -0.15) is 0 Å². The zero-order chi connectivity index (χ0) is 12.2. The number of hydrogen-bond acceptors (Lipinski definition) is 6. The maximum absolute atomic E-state index is 3.72. The minimum Gasteiger partial charge on any atom is -0.297 e. The number of benzene rings is 1. The van der Waals surface area contributed by atoms with E-state index < -0.39 is 0 Å². The molecule has 3 nitrogen and oxygen atoms in total. The maximum Gasteiger partial charge on any atom is 0.114 e. The van der Waals surface area contributed by atoms with Crippen molar-refractivity contribution in [3.63, 3.8) is 0 Å². The van der Waals surface area contributed by atoms with Crippen LogP contribution >= 0.6 is 35.3 Å². The van der Waals surface area contributed by atoms with E-state index >= 15 is 0 Å². The van der Waals surface area contributed by atoms with Crippen LogP contribution in [-0.4, -0.2) is 28.1 Å². The van der Waals surface area contributed by atoms with Crippen LogP contribution in [0.3, 0.4) is 0 Å². The van der Waals surface area contributed by atoms with E-state index in [1.54, 1.807) is 0 Å². The van der Waals surface area contributed by atoms with Crippen LogP contribution in [0.4, 0.5) is 0 Å². The van der Waals surface area contributed by atoms with Gasteiger partial charge in [0, 0.05) is 17.5 Å².